The van der Waals surface area contributed by atoms with Crippen LogP contribution in [0, 0.1) is 0 Å². The molecule has 2 heterocycles. The minimum Gasteiger partial charge on any atom is -0.447 e. The second-order valence-corrected chi connectivity index (χ2v) is 8.86. The number of amides is 2. The number of hydrogen-bond donors (Lipinski definition) is 0. The molecule has 7 heteroatoms. The molecule has 0 saturated carbocycles. The Hall–Kier alpha value is -3.68. The number of benzene rings is 3. The molecule has 1 atom stereocenters. The lowest BCUT2D eigenvalue weighted by Crippen LogP contribution is -2.43. The van der Waals surface area contributed by atoms with E-state index in [1.54, 1.807) is 9.80 Å². The molecular formula is C28H29N3O4. The Bertz CT molecular complexity index is 1100. The summed E-state index contributed by atoms with van der Waals surface area (Å²) >= 11 is 0. The maximum Gasteiger partial charge on any atom is 0.414 e. The first kappa shape index (κ1) is 23.1. The van der Waals surface area contributed by atoms with Crippen molar-refractivity contribution in [2.24, 2.45) is 0 Å². The van der Waals surface area contributed by atoms with Gasteiger partial charge in [-0.2, -0.15) is 0 Å². The van der Waals surface area contributed by atoms with Crippen LogP contribution in [0.3, 0.4) is 0 Å². The van der Waals surface area contributed by atoms with E-state index in [-0.39, 0.29) is 24.6 Å². The van der Waals surface area contributed by atoms with Gasteiger partial charge in [-0.15, -0.1) is 0 Å². The van der Waals surface area contributed by atoms with E-state index in [1.807, 2.05) is 60.7 Å². The van der Waals surface area contributed by atoms with Gasteiger partial charge in [0.05, 0.1) is 12.6 Å². The first-order chi connectivity index (χ1) is 17.2. The molecule has 7 nitrogen and oxygen atoms in total. The van der Waals surface area contributed by atoms with E-state index in [0.717, 1.165) is 24.5 Å². The Labute approximate surface area is 205 Å². The topological polar surface area (TPSA) is 62.3 Å². The molecule has 2 saturated heterocycles. The van der Waals surface area contributed by atoms with Crippen LogP contribution in [0.1, 0.15) is 11.1 Å². The number of cyclic esters (lactones) is 1. The maximum atomic E-state index is 12.7. The maximum absolute atomic E-state index is 12.7. The van der Waals surface area contributed by atoms with E-state index in [4.69, 9.17) is 9.47 Å². The highest BCUT2D eigenvalue weighted by molar-refractivity contribution is 5.95. The lowest BCUT2D eigenvalue weighted by atomic mass is 10.1. The zero-order valence-corrected chi connectivity index (χ0v) is 19.6. The third-order valence-corrected chi connectivity index (χ3v) is 6.35. The molecule has 2 amide bonds. The molecule has 5 rings (SSSR count). The molecular weight excluding hydrogens is 442 g/mol. The zero-order chi connectivity index (χ0) is 24.0. The summed E-state index contributed by atoms with van der Waals surface area (Å²) in [5.41, 5.74) is 4.02. The first-order valence-corrected chi connectivity index (χ1v) is 11.9. The lowest BCUT2D eigenvalue weighted by molar-refractivity contribution is -0.125. The van der Waals surface area contributed by atoms with Gasteiger partial charge in [0.2, 0.25) is 0 Å². The minimum atomic E-state index is -0.343. The van der Waals surface area contributed by atoms with Crippen molar-refractivity contribution in [2.75, 3.05) is 42.7 Å². The van der Waals surface area contributed by atoms with E-state index in [9.17, 15) is 9.59 Å². The standard InChI is InChI=1S/C28H29N3O4/c32-27-21-34-16-15-30(27)24-11-13-25(14-12-24)31-26(20-35-28(31)33)19-29(17-22-7-3-1-4-8-22)18-23-9-5-2-6-10-23/h1-14,26H,15-21H2/t26-/m0/s1. The molecule has 2 aliphatic heterocycles. The van der Waals surface area contributed by atoms with E-state index in [0.29, 0.717) is 26.3 Å². The smallest absolute Gasteiger partial charge is 0.414 e. The Balaban J connectivity index is 1.34. The van der Waals surface area contributed by atoms with Crippen LogP contribution in [0.15, 0.2) is 84.9 Å². The average molecular weight is 472 g/mol. The van der Waals surface area contributed by atoms with Crippen molar-refractivity contribution in [3.63, 3.8) is 0 Å². The van der Waals surface area contributed by atoms with Crippen molar-refractivity contribution >= 4 is 23.4 Å². The van der Waals surface area contributed by atoms with E-state index in [1.165, 1.54) is 11.1 Å². The lowest BCUT2D eigenvalue weighted by Gasteiger charge is -2.30. The van der Waals surface area contributed by atoms with Gasteiger partial charge >= 0.3 is 6.09 Å². The van der Waals surface area contributed by atoms with E-state index < -0.39 is 0 Å². The molecule has 3 aromatic rings. The molecule has 0 N–H and O–H groups in total. The molecule has 0 unspecified atom stereocenters. The van der Waals surface area contributed by atoms with E-state index >= 15 is 0 Å². The third-order valence-electron chi connectivity index (χ3n) is 6.35. The van der Waals surface area contributed by atoms with Crippen LogP contribution in [-0.4, -0.2) is 55.9 Å². The number of rotatable bonds is 8. The van der Waals surface area contributed by atoms with Crippen molar-refractivity contribution < 1.29 is 19.1 Å². The number of ether oxygens (including phenoxy) is 2. The Kier molecular flexibility index (Phi) is 7.07. The number of nitrogens with zero attached hydrogens (tertiary/aromatic N) is 3. The van der Waals surface area contributed by atoms with E-state index in [2.05, 4.69) is 29.2 Å². The monoisotopic (exact) mass is 471 g/mol. The number of carbonyl (C=O) groups is 2. The van der Waals surface area contributed by atoms with Gasteiger partial charge in [-0.05, 0) is 35.4 Å². The fourth-order valence-corrected chi connectivity index (χ4v) is 4.66. The predicted octanol–water partition coefficient (Wildman–Crippen LogP) is 4.08. The highest BCUT2D eigenvalue weighted by Crippen LogP contribution is 2.27. The van der Waals surface area contributed by atoms with Crippen molar-refractivity contribution in [1.82, 2.24) is 4.90 Å². The summed E-state index contributed by atoms with van der Waals surface area (Å²) in [5.74, 6) is -0.0556. The summed E-state index contributed by atoms with van der Waals surface area (Å²) < 4.78 is 10.7. The molecule has 2 fully saturated rings. The second kappa shape index (κ2) is 10.7. The molecule has 0 radical (unpaired) electrons. The van der Waals surface area contributed by atoms with Crippen LogP contribution in [0.5, 0.6) is 0 Å². The van der Waals surface area contributed by atoms with Crippen molar-refractivity contribution in [3.8, 4) is 0 Å². The molecule has 180 valence electrons. The normalized spacial score (nSPS) is 18.3. The van der Waals surface area contributed by atoms with Gasteiger partial charge in [-0.1, -0.05) is 60.7 Å². The third kappa shape index (κ3) is 5.53. The second-order valence-electron chi connectivity index (χ2n) is 8.86. The van der Waals surface area contributed by atoms with Crippen LogP contribution < -0.4 is 9.80 Å². The highest BCUT2D eigenvalue weighted by atomic mass is 16.6. The minimum absolute atomic E-state index is 0.0556. The Morgan fingerprint density at radius 2 is 1.40 bits per heavy atom. The predicted molar refractivity (Wildman–Crippen MR) is 134 cm³/mol. The summed E-state index contributed by atoms with van der Waals surface area (Å²) in [7, 11) is 0. The van der Waals surface area contributed by atoms with Gasteiger partial charge in [-0.3, -0.25) is 14.6 Å². The van der Waals surface area contributed by atoms with Crippen LogP contribution in [0.25, 0.3) is 0 Å². The molecule has 0 aromatic heterocycles. The Morgan fingerprint density at radius 3 is 2.00 bits per heavy atom. The highest BCUT2D eigenvalue weighted by Gasteiger charge is 2.35. The number of hydrogen-bond acceptors (Lipinski definition) is 5. The number of morpholine rings is 1. The summed E-state index contributed by atoms with van der Waals surface area (Å²) in [6.45, 7) is 3.69. The fourth-order valence-electron chi connectivity index (χ4n) is 4.66. The number of carbonyl (C=O) groups excluding carboxylic acids is 2. The average Bonchev–Trinajstić information content (AvgIpc) is 3.25. The summed E-state index contributed by atoms with van der Waals surface area (Å²) in [4.78, 5) is 30.7. The van der Waals surface area contributed by atoms with Crippen LogP contribution in [0.2, 0.25) is 0 Å². The molecule has 35 heavy (non-hydrogen) atoms. The largest absolute Gasteiger partial charge is 0.447 e. The van der Waals surface area contributed by atoms with Gasteiger partial charge in [0.15, 0.2) is 0 Å². The van der Waals surface area contributed by atoms with Gasteiger partial charge in [0.1, 0.15) is 13.2 Å². The van der Waals surface area contributed by atoms with Crippen LogP contribution >= 0.6 is 0 Å². The molecule has 2 aliphatic rings. The summed E-state index contributed by atoms with van der Waals surface area (Å²) in [6.07, 6.45) is -0.343. The molecule has 0 aliphatic carbocycles. The summed E-state index contributed by atoms with van der Waals surface area (Å²) in [6, 6.07) is 28.1. The van der Waals surface area contributed by atoms with Crippen molar-refractivity contribution in [1.29, 1.82) is 0 Å². The van der Waals surface area contributed by atoms with Crippen LogP contribution in [-0.2, 0) is 27.4 Å². The van der Waals surface area contributed by atoms with Crippen molar-refractivity contribution in [3.05, 3.63) is 96.1 Å². The SMILES string of the molecule is O=C1COCCN1c1ccc(N2C(=O)OC[C@@H]2CN(Cc2ccccc2)Cc2ccccc2)cc1. The summed E-state index contributed by atoms with van der Waals surface area (Å²) in [5, 5.41) is 0. The van der Waals surface area contributed by atoms with Crippen molar-refractivity contribution in [2.45, 2.75) is 19.1 Å². The van der Waals surface area contributed by atoms with Gasteiger partial charge in [0.25, 0.3) is 5.91 Å². The van der Waals surface area contributed by atoms with Gasteiger partial charge in [-0.25, -0.2) is 4.79 Å². The van der Waals surface area contributed by atoms with Gasteiger partial charge < -0.3 is 14.4 Å². The number of anilines is 2. The van der Waals surface area contributed by atoms with Crippen LogP contribution in [0.4, 0.5) is 16.2 Å². The molecule has 3 aromatic carbocycles. The molecule has 0 bridgehead atoms. The first-order valence-electron chi connectivity index (χ1n) is 11.9. The Morgan fingerprint density at radius 1 is 0.800 bits per heavy atom. The zero-order valence-electron chi connectivity index (χ0n) is 19.6. The van der Waals surface area contributed by atoms with Gasteiger partial charge in [0, 0.05) is 37.6 Å². The molecule has 0 spiro atoms. The quantitative estimate of drug-likeness (QED) is 0.496. The fraction of sp³-hybridized carbons (Fsp3) is 0.286.